The Morgan fingerprint density at radius 2 is 0.952 bits per heavy atom. The first-order valence-electron chi connectivity index (χ1n) is 8.50. The Morgan fingerprint density at radius 1 is 0.667 bits per heavy atom. The van der Waals surface area contributed by atoms with Crippen LogP contribution in [0.3, 0.4) is 0 Å². The fourth-order valence-corrected chi connectivity index (χ4v) is 2.24. The zero-order valence-corrected chi connectivity index (χ0v) is 18.8. The van der Waals surface area contributed by atoms with Gasteiger partial charge < -0.3 is 23.6 Å². The van der Waals surface area contributed by atoms with Gasteiger partial charge in [-0.1, -0.05) is 13.8 Å². The van der Waals surface area contributed by atoms with Crippen LogP contribution >= 0.6 is 0 Å². The Bertz CT molecular complexity index is 152. The van der Waals surface area contributed by atoms with Crippen molar-refractivity contribution in [3.63, 3.8) is 0 Å². The Balaban J connectivity index is -0.000000295. The van der Waals surface area contributed by atoms with Crippen LogP contribution in [-0.4, -0.2) is 48.1 Å². The van der Waals surface area contributed by atoms with Crippen molar-refractivity contribution in [2.45, 2.75) is 79.3 Å². The molecule has 0 radical (unpaired) electrons. The summed E-state index contributed by atoms with van der Waals surface area (Å²) in [7, 11) is 0. The third-order valence-electron chi connectivity index (χ3n) is 3.37. The maximum absolute atomic E-state index is 3.85. The monoisotopic (exact) mass is 348 g/mol. The molecule has 2 nitrogen and oxygen atoms in total. The zero-order valence-electron chi connectivity index (χ0n) is 15.8. The summed E-state index contributed by atoms with van der Waals surface area (Å²) in [6, 6.07) is 1.36. The van der Waals surface area contributed by atoms with E-state index in [0.717, 1.165) is 25.9 Å². The standard InChI is InChI=1S/2C9H20N.Zn/c2*1-5-7-10(8-6-2)9(3)4;/h2*9H,1,5-8H2,2-4H3;/q2*-1;+2. The van der Waals surface area contributed by atoms with Crippen LogP contribution in [0.4, 0.5) is 0 Å². The van der Waals surface area contributed by atoms with Crippen molar-refractivity contribution in [2.75, 3.05) is 26.2 Å². The molecule has 21 heavy (non-hydrogen) atoms. The second-order valence-corrected chi connectivity index (χ2v) is 5.97. The van der Waals surface area contributed by atoms with Crippen LogP contribution in [0.1, 0.15) is 67.2 Å². The molecule has 0 spiro atoms. The Hall–Kier alpha value is 0.543. The minimum Gasteiger partial charge on any atom is -0.342 e. The number of hydrogen-bond acceptors (Lipinski definition) is 2. The quantitative estimate of drug-likeness (QED) is 0.418. The van der Waals surface area contributed by atoms with Gasteiger partial charge in [0, 0.05) is 12.1 Å². The molecule has 0 saturated heterocycles. The molecule has 0 unspecified atom stereocenters. The number of hydrogen-bond donors (Lipinski definition) is 0. The predicted octanol–water partition coefficient (Wildman–Crippen LogP) is 4.66. The van der Waals surface area contributed by atoms with Gasteiger partial charge in [-0.3, -0.25) is 0 Å². The molecule has 0 aliphatic carbocycles. The predicted molar refractivity (Wildman–Crippen MR) is 93.9 cm³/mol. The summed E-state index contributed by atoms with van der Waals surface area (Å²) >= 11 is 0. The van der Waals surface area contributed by atoms with Crippen molar-refractivity contribution in [1.29, 1.82) is 0 Å². The molecule has 3 heteroatoms. The minimum absolute atomic E-state index is 0. The molecule has 0 heterocycles. The molecule has 0 rings (SSSR count). The van der Waals surface area contributed by atoms with Gasteiger partial charge in [0.25, 0.3) is 0 Å². The smallest absolute Gasteiger partial charge is 0.342 e. The van der Waals surface area contributed by atoms with Crippen molar-refractivity contribution in [3.8, 4) is 0 Å². The molecule has 0 aromatic carbocycles. The molecular formula is C18H40N2Zn. The Morgan fingerprint density at radius 3 is 1.10 bits per heavy atom. The van der Waals surface area contributed by atoms with Crippen molar-refractivity contribution >= 4 is 0 Å². The van der Waals surface area contributed by atoms with Crippen molar-refractivity contribution in [1.82, 2.24) is 9.80 Å². The summed E-state index contributed by atoms with van der Waals surface area (Å²) < 4.78 is 0. The van der Waals surface area contributed by atoms with E-state index in [2.05, 4.69) is 65.2 Å². The molecular weight excluding hydrogens is 310 g/mol. The minimum atomic E-state index is 0. The van der Waals surface area contributed by atoms with Crippen LogP contribution in [-0.2, 0) is 19.5 Å². The molecule has 0 aliphatic rings. The van der Waals surface area contributed by atoms with E-state index in [1.807, 2.05) is 0 Å². The van der Waals surface area contributed by atoms with Crippen LogP contribution in [0.15, 0.2) is 0 Å². The first-order valence-corrected chi connectivity index (χ1v) is 8.50. The van der Waals surface area contributed by atoms with Gasteiger partial charge in [0.05, 0.1) is 0 Å². The molecule has 0 bridgehead atoms. The second kappa shape index (κ2) is 18.6. The Labute approximate surface area is 148 Å². The zero-order chi connectivity index (χ0) is 16.0. The molecule has 124 valence electrons. The first-order chi connectivity index (χ1) is 9.44. The van der Waals surface area contributed by atoms with Gasteiger partial charge in [-0.05, 0) is 66.7 Å². The third-order valence-corrected chi connectivity index (χ3v) is 3.37. The topological polar surface area (TPSA) is 6.48 Å². The van der Waals surface area contributed by atoms with Crippen molar-refractivity contribution < 1.29 is 19.5 Å². The summed E-state index contributed by atoms with van der Waals surface area (Å²) in [4.78, 5) is 4.93. The average molecular weight is 350 g/mol. The van der Waals surface area contributed by atoms with Crippen molar-refractivity contribution in [2.24, 2.45) is 0 Å². The molecule has 0 amide bonds. The van der Waals surface area contributed by atoms with Gasteiger partial charge in [0.15, 0.2) is 0 Å². The van der Waals surface area contributed by atoms with Gasteiger partial charge in [-0.25, -0.2) is 0 Å². The maximum Gasteiger partial charge on any atom is 2.00 e. The first kappa shape index (κ1) is 26.4. The summed E-state index contributed by atoms with van der Waals surface area (Å²) in [6.07, 6.45) is 4.55. The fourth-order valence-electron chi connectivity index (χ4n) is 2.24. The van der Waals surface area contributed by atoms with E-state index in [4.69, 9.17) is 0 Å². The normalized spacial score (nSPS) is 10.9. The van der Waals surface area contributed by atoms with E-state index < -0.39 is 0 Å². The number of nitrogens with zero attached hydrogens (tertiary/aromatic N) is 2. The third kappa shape index (κ3) is 16.7. The van der Waals surface area contributed by atoms with E-state index in [0.29, 0.717) is 12.1 Å². The molecule has 0 aliphatic heterocycles. The van der Waals surface area contributed by atoms with Crippen LogP contribution in [0.2, 0.25) is 0 Å². The summed E-state index contributed by atoms with van der Waals surface area (Å²) in [5.74, 6) is 0. The van der Waals surface area contributed by atoms with Gasteiger partial charge >= 0.3 is 19.5 Å². The van der Waals surface area contributed by atoms with E-state index in [9.17, 15) is 0 Å². The fraction of sp³-hybridized carbons (Fsp3) is 0.889. The maximum atomic E-state index is 3.85. The van der Waals surface area contributed by atoms with Crippen molar-refractivity contribution in [3.05, 3.63) is 13.8 Å². The summed E-state index contributed by atoms with van der Waals surface area (Å²) in [5, 5.41) is 0. The van der Waals surface area contributed by atoms with Crippen LogP contribution in [0.5, 0.6) is 0 Å². The van der Waals surface area contributed by atoms with Crippen LogP contribution in [0.25, 0.3) is 0 Å². The molecule has 0 fully saturated rings. The Kier molecular flexibility index (Phi) is 23.4. The second-order valence-electron chi connectivity index (χ2n) is 5.97. The molecule has 0 aromatic heterocycles. The molecule has 0 saturated carbocycles. The van der Waals surface area contributed by atoms with Gasteiger partial charge in [0.1, 0.15) is 0 Å². The van der Waals surface area contributed by atoms with Gasteiger partial charge in [-0.15, -0.1) is 0 Å². The largest absolute Gasteiger partial charge is 2.00 e. The van der Waals surface area contributed by atoms with E-state index in [-0.39, 0.29) is 19.5 Å². The summed E-state index contributed by atoms with van der Waals surface area (Å²) in [5.41, 5.74) is 0. The molecule has 0 aromatic rings. The summed E-state index contributed by atoms with van der Waals surface area (Å²) in [6.45, 7) is 25.8. The van der Waals surface area contributed by atoms with E-state index >= 15 is 0 Å². The van der Waals surface area contributed by atoms with E-state index in [1.54, 1.807) is 0 Å². The van der Waals surface area contributed by atoms with Crippen LogP contribution < -0.4 is 0 Å². The van der Waals surface area contributed by atoms with Crippen LogP contribution in [0, 0.1) is 13.8 Å². The molecule has 0 atom stereocenters. The van der Waals surface area contributed by atoms with E-state index in [1.165, 1.54) is 25.9 Å². The van der Waals surface area contributed by atoms with Gasteiger partial charge in [-0.2, -0.15) is 12.8 Å². The average Bonchev–Trinajstić information content (AvgIpc) is 2.38. The SMILES string of the molecule is [CH2-]CCN(CCC)C(C)C.[CH2-]CCN(CCC)C(C)C.[Zn+2]. The molecule has 0 N–H and O–H groups in total. The van der Waals surface area contributed by atoms with Gasteiger partial charge in [0.2, 0.25) is 0 Å². The number of rotatable bonds is 10.